The summed E-state index contributed by atoms with van der Waals surface area (Å²) in [5.41, 5.74) is 6.59. The number of allylic oxidation sites excluding steroid dienone is 2. The van der Waals surface area contributed by atoms with Crippen LogP contribution in [0.25, 0.3) is 0 Å². The Morgan fingerprint density at radius 1 is 1.33 bits per heavy atom. The Hall–Kier alpha value is -3.09. The number of nitrogens with one attached hydrogen (secondary N) is 2. The fourth-order valence-electron chi connectivity index (χ4n) is 4.71. The van der Waals surface area contributed by atoms with Crippen molar-refractivity contribution in [2.75, 3.05) is 13.2 Å². The molecule has 1 aliphatic carbocycles. The Labute approximate surface area is 244 Å². The molecule has 230 valence electrons. The molecule has 0 amide bonds. The summed E-state index contributed by atoms with van der Waals surface area (Å²) in [6.45, 7) is 6.70. The first kappa shape index (κ1) is 31.8. The molecule has 2 fully saturated rings. The van der Waals surface area contributed by atoms with Crippen molar-refractivity contribution in [1.82, 2.24) is 10.5 Å². The van der Waals surface area contributed by atoms with E-state index < -0.39 is 49.8 Å². The van der Waals surface area contributed by atoms with Crippen molar-refractivity contribution in [2.45, 2.75) is 76.5 Å². The summed E-state index contributed by atoms with van der Waals surface area (Å²) >= 11 is 0. The maximum atomic E-state index is 15.5. The van der Waals surface area contributed by atoms with Crippen LogP contribution in [-0.4, -0.2) is 66.0 Å². The van der Waals surface area contributed by atoms with Crippen molar-refractivity contribution < 1.29 is 37.4 Å². The highest BCUT2D eigenvalue weighted by Crippen LogP contribution is 2.59. The zero-order valence-electron chi connectivity index (χ0n) is 24.2. The first-order valence-corrected chi connectivity index (χ1v) is 15.5. The van der Waals surface area contributed by atoms with Crippen LogP contribution >= 0.6 is 7.75 Å². The number of aliphatic hydroxyl groups excluding tert-OH is 1. The zero-order chi connectivity index (χ0) is 30.5. The van der Waals surface area contributed by atoms with E-state index in [0.29, 0.717) is 11.3 Å². The number of nitrogens with zero attached hydrogens (tertiary/aromatic N) is 2. The number of para-hydroxylation sites is 1. The molecule has 1 aromatic carbocycles. The first-order chi connectivity index (χ1) is 19.9. The lowest BCUT2D eigenvalue weighted by Crippen LogP contribution is -2.44. The molecule has 1 aromatic rings. The molecule has 6 atom stereocenters. The third-order valence-electron chi connectivity index (χ3n) is 7.61. The molecule has 0 radical (unpaired) electrons. The Kier molecular flexibility index (Phi) is 9.89. The van der Waals surface area contributed by atoms with E-state index in [0.717, 1.165) is 12.8 Å². The van der Waals surface area contributed by atoms with E-state index in [1.807, 2.05) is 13.8 Å². The Morgan fingerprint density at radius 3 is 2.71 bits per heavy atom. The number of amidine groups is 1. The monoisotopic (exact) mass is 607 g/mol. The average molecular weight is 608 g/mol. The third kappa shape index (κ3) is 7.09. The predicted octanol–water partition coefficient (Wildman–Crippen LogP) is 3.49. The van der Waals surface area contributed by atoms with Crippen molar-refractivity contribution in [2.24, 2.45) is 21.7 Å². The van der Waals surface area contributed by atoms with Gasteiger partial charge in [0.25, 0.3) is 0 Å². The Morgan fingerprint density at radius 2 is 2.05 bits per heavy atom. The number of aliphatic imine (C=N–C) groups is 1. The number of nitrogens with two attached hydrogens (primary N) is 1. The van der Waals surface area contributed by atoms with Crippen molar-refractivity contribution in [3.63, 3.8) is 0 Å². The number of halogens is 1. The van der Waals surface area contributed by atoms with Gasteiger partial charge in [-0.05, 0) is 43.5 Å². The first-order valence-electron chi connectivity index (χ1n) is 13.9. The van der Waals surface area contributed by atoms with Gasteiger partial charge in [0.1, 0.15) is 35.4 Å². The second kappa shape index (κ2) is 13.0. The molecule has 1 saturated carbocycles. The van der Waals surface area contributed by atoms with Gasteiger partial charge >= 0.3 is 13.7 Å². The molecule has 1 spiro atoms. The van der Waals surface area contributed by atoms with Crippen molar-refractivity contribution >= 4 is 25.9 Å². The molecule has 2 aliphatic heterocycles. The van der Waals surface area contributed by atoms with Gasteiger partial charge in [-0.3, -0.25) is 14.7 Å². The summed E-state index contributed by atoms with van der Waals surface area (Å²) in [5.74, 6) is 0.0171. The quantitative estimate of drug-likeness (QED) is 0.193. The number of hydrogen-bond donors (Lipinski definition) is 4. The van der Waals surface area contributed by atoms with E-state index in [9.17, 15) is 14.5 Å². The van der Waals surface area contributed by atoms with Gasteiger partial charge in [-0.15, -0.1) is 0 Å². The number of aliphatic hydroxyl groups is 1. The smallest absolute Gasteiger partial charge is 0.459 e. The van der Waals surface area contributed by atoms with Crippen LogP contribution in [0.1, 0.15) is 47.0 Å². The minimum atomic E-state index is -4.27. The lowest BCUT2D eigenvalue weighted by molar-refractivity contribution is -0.146. The number of carbonyl (C=O) groups excluding carboxylic acids is 1. The van der Waals surface area contributed by atoms with Crippen LogP contribution in [0.5, 0.6) is 5.75 Å². The minimum Gasteiger partial charge on any atom is -0.464 e. The van der Waals surface area contributed by atoms with Crippen LogP contribution in [-0.2, 0) is 23.4 Å². The van der Waals surface area contributed by atoms with Gasteiger partial charge in [0.2, 0.25) is 0 Å². The molecule has 4 rings (SSSR count). The molecule has 1 saturated heterocycles. The normalized spacial score (nSPS) is 30.7. The van der Waals surface area contributed by atoms with E-state index >= 15 is 4.39 Å². The van der Waals surface area contributed by atoms with Gasteiger partial charge in [-0.25, -0.2) is 13.9 Å². The highest BCUT2D eigenvalue weighted by Gasteiger charge is 2.70. The standard InChI is InChI=1S/C28H39FN5O7P/c1-5-19(6-2)15-38-26(36)18(3)34-42(37,40-21-10-8-7-9-11-21)39-16-27(4)24(35)23(29)28(41-27)14-20(28)12-13-22-25(30)31-17-32-33-22/h7-13,17-19,23-24,33,35H,5-6,14-16H2,1-4H3,(H,34,37)(H2,30,31,32)/b20-12+,22-13-/t18-,23+,24-,27+,28?,42?/m0/s1. The molecule has 14 heteroatoms. The maximum Gasteiger partial charge on any atom is 0.459 e. The summed E-state index contributed by atoms with van der Waals surface area (Å²) in [6, 6.07) is 7.20. The molecule has 2 heterocycles. The number of hydrazone groups is 1. The topological polar surface area (TPSA) is 166 Å². The molecule has 12 nitrogen and oxygen atoms in total. The fraction of sp³-hybridized carbons (Fsp3) is 0.536. The van der Waals surface area contributed by atoms with Crippen LogP contribution in [0.15, 0.2) is 63.8 Å². The molecule has 42 heavy (non-hydrogen) atoms. The summed E-state index contributed by atoms with van der Waals surface area (Å²) in [7, 11) is -4.27. The van der Waals surface area contributed by atoms with Gasteiger partial charge in [0.15, 0.2) is 12.0 Å². The summed E-state index contributed by atoms with van der Waals surface area (Å²) in [6.07, 6.45) is 3.05. The average Bonchev–Trinajstić information content (AvgIpc) is 3.64. The largest absolute Gasteiger partial charge is 0.464 e. The van der Waals surface area contributed by atoms with E-state index in [2.05, 4.69) is 20.6 Å². The SMILES string of the molecule is CCC(CC)COC(=O)[C@H](C)NP(=O)(OC[C@@]1(C)OC2(C/C2=C\C=C2/NN=CN=C2N)[C@H](F)[C@@H]1O)Oc1ccccc1. The molecule has 0 bridgehead atoms. The number of ether oxygens (including phenoxy) is 2. The Bertz CT molecular complexity index is 1300. The third-order valence-corrected chi connectivity index (χ3v) is 9.24. The molecule has 5 N–H and O–H groups in total. The van der Waals surface area contributed by atoms with Gasteiger partial charge < -0.3 is 24.8 Å². The van der Waals surface area contributed by atoms with Gasteiger partial charge in [0.05, 0.1) is 18.9 Å². The van der Waals surface area contributed by atoms with E-state index in [4.69, 9.17) is 24.3 Å². The van der Waals surface area contributed by atoms with Gasteiger partial charge in [-0.2, -0.15) is 10.2 Å². The lowest BCUT2D eigenvalue weighted by atomic mass is 9.97. The highest BCUT2D eigenvalue weighted by molar-refractivity contribution is 7.52. The number of benzene rings is 1. The zero-order valence-corrected chi connectivity index (χ0v) is 25.1. The van der Waals surface area contributed by atoms with Crippen LogP contribution in [0, 0.1) is 5.92 Å². The van der Waals surface area contributed by atoms with Crippen molar-refractivity contribution in [1.29, 1.82) is 0 Å². The minimum absolute atomic E-state index is 0.210. The van der Waals surface area contributed by atoms with Gasteiger partial charge in [-0.1, -0.05) is 51.0 Å². The number of hydrogen-bond acceptors (Lipinski definition) is 11. The molecule has 2 unspecified atom stereocenters. The van der Waals surface area contributed by atoms with E-state index in [1.54, 1.807) is 42.5 Å². The maximum absolute atomic E-state index is 15.5. The summed E-state index contributed by atoms with van der Waals surface area (Å²) in [4.78, 5) is 16.6. The second-order valence-corrected chi connectivity index (χ2v) is 12.5. The molecule has 0 aromatic heterocycles. The molecular formula is C28H39FN5O7P. The predicted molar refractivity (Wildman–Crippen MR) is 155 cm³/mol. The van der Waals surface area contributed by atoms with Crippen LogP contribution < -0.4 is 20.8 Å². The van der Waals surface area contributed by atoms with Crippen molar-refractivity contribution in [3.05, 3.63) is 53.8 Å². The number of alkyl halides is 1. The highest BCUT2D eigenvalue weighted by atomic mass is 31.2. The molecular weight excluding hydrogens is 568 g/mol. The molecule has 3 aliphatic rings. The van der Waals surface area contributed by atoms with E-state index in [-0.39, 0.29) is 30.5 Å². The van der Waals surface area contributed by atoms with Crippen LogP contribution in [0.4, 0.5) is 4.39 Å². The second-order valence-electron chi connectivity index (χ2n) is 10.8. The van der Waals surface area contributed by atoms with Crippen molar-refractivity contribution in [3.8, 4) is 5.75 Å². The van der Waals surface area contributed by atoms with Gasteiger partial charge in [0, 0.05) is 6.42 Å². The fourth-order valence-corrected chi connectivity index (χ4v) is 6.30. The van der Waals surface area contributed by atoms with E-state index in [1.165, 1.54) is 20.2 Å². The number of carbonyl (C=O) groups is 1. The van der Waals surface area contributed by atoms with Crippen LogP contribution in [0.3, 0.4) is 0 Å². The Balaban J connectivity index is 1.46. The summed E-state index contributed by atoms with van der Waals surface area (Å²) in [5, 5.41) is 17.3. The number of esters is 1. The van der Waals surface area contributed by atoms with Crippen LogP contribution in [0.2, 0.25) is 0 Å². The lowest BCUT2D eigenvalue weighted by Gasteiger charge is -2.30. The summed E-state index contributed by atoms with van der Waals surface area (Å²) < 4.78 is 52.3. The number of rotatable bonds is 13.